The molecule has 166 valence electrons. The van der Waals surface area contributed by atoms with Gasteiger partial charge in [0.15, 0.2) is 11.5 Å². The second kappa shape index (κ2) is 8.43. The van der Waals surface area contributed by atoms with Crippen molar-refractivity contribution in [1.29, 1.82) is 0 Å². The molecule has 0 radical (unpaired) electrons. The molecular weight excluding hydrogens is 425 g/mol. The van der Waals surface area contributed by atoms with Gasteiger partial charge in [0.2, 0.25) is 0 Å². The van der Waals surface area contributed by atoms with Crippen molar-refractivity contribution < 1.29 is 23.4 Å². The SMILES string of the molecule is COc1cc(C2CC(=O)Oc3c2c(=O)[nH]c2ccccc32)ccc1OCc1ccc(F)cc1. The number of benzene rings is 3. The second-order valence-electron chi connectivity index (χ2n) is 7.80. The van der Waals surface area contributed by atoms with E-state index in [-0.39, 0.29) is 24.4 Å². The first kappa shape index (κ1) is 20.8. The third kappa shape index (κ3) is 3.93. The van der Waals surface area contributed by atoms with E-state index >= 15 is 0 Å². The largest absolute Gasteiger partial charge is 0.493 e. The Morgan fingerprint density at radius 3 is 2.61 bits per heavy atom. The van der Waals surface area contributed by atoms with Crippen LogP contribution in [0.5, 0.6) is 17.2 Å². The summed E-state index contributed by atoms with van der Waals surface area (Å²) in [6, 6.07) is 18.6. The van der Waals surface area contributed by atoms with Gasteiger partial charge in [-0.25, -0.2) is 4.39 Å². The van der Waals surface area contributed by atoms with Crippen molar-refractivity contribution in [2.45, 2.75) is 18.9 Å². The molecule has 1 aliphatic rings. The van der Waals surface area contributed by atoms with Gasteiger partial charge < -0.3 is 19.2 Å². The molecule has 1 N–H and O–H groups in total. The van der Waals surface area contributed by atoms with Gasteiger partial charge in [-0.3, -0.25) is 9.59 Å². The summed E-state index contributed by atoms with van der Waals surface area (Å²) in [5, 5.41) is 0.677. The van der Waals surface area contributed by atoms with Crippen LogP contribution in [0, 0.1) is 5.82 Å². The zero-order valence-corrected chi connectivity index (χ0v) is 17.8. The first-order valence-electron chi connectivity index (χ1n) is 10.4. The highest BCUT2D eigenvalue weighted by atomic mass is 19.1. The van der Waals surface area contributed by atoms with Gasteiger partial charge in [-0.05, 0) is 47.5 Å². The smallest absolute Gasteiger partial charge is 0.312 e. The number of carbonyl (C=O) groups excluding carboxylic acids is 1. The Kier molecular flexibility index (Phi) is 5.30. The molecule has 7 heteroatoms. The Morgan fingerprint density at radius 2 is 1.82 bits per heavy atom. The van der Waals surface area contributed by atoms with Crippen molar-refractivity contribution in [3.63, 3.8) is 0 Å². The van der Waals surface area contributed by atoms with Crippen LogP contribution in [0.3, 0.4) is 0 Å². The molecule has 3 aromatic carbocycles. The average molecular weight is 445 g/mol. The number of hydrogen-bond donors (Lipinski definition) is 1. The maximum absolute atomic E-state index is 13.1. The van der Waals surface area contributed by atoms with Gasteiger partial charge in [0.05, 0.1) is 24.6 Å². The average Bonchev–Trinajstić information content (AvgIpc) is 2.83. The van der Waals surface area contributed by atoms with Gasteiger partial charge in [0.1, 0.15) is 18.2 Å². The minimum atomic E-state index is -0.491. The first-order chi connectivity index (χ1) is 16.0. The molecule has 6 nitrogen and oxygen atoms in total. The lowest BCUT2D eigenvalue weighted by Gasteiger charge is -2.25. The van der Waals surface area contributed by atoms with Crippen molar-refractivity contribution in [3.05, 3.63) is 99.6 Å². The number of fused-ring (bicyclic) bond motifs is 3. The number of halogens is 1. The van der Waals surface area contributed by atoms with Gasteiger partial charge >= 0.3 is 5.97 Å². The number of rotatable bonds is 5. The Hall–Kier alpha value is -4.13. The van der Waals surface area contributed by atoms with E-state index in [1.165, 1.54) is 19.2 Å². The molecule has 2 heterocycles. The molecule has 0 bridgehead atoms. The topological polar surface area (TPSA) is 77.6 Å². The number of nitrogens with one attached hydrogen (secondary N) is 1. The standard InChI is InChI=1S/C26H20FNO5/c1-31-22-12-16(8-11-21(22)32-14-15-6-9-17(27)10-7-15)19-13-23(29)33-25-18-4-2-3-5-20(18)28-26(30)24(19)25/h2-12,19H,13-14H2,1H3,(H,28,30). The summed E-state index contributed by atoms with van der Waals surface area (Å²) in [5.41, 5.74) is 2.27. The van der Waals surface area contributed by atoms with Crippen LogP contribution in [-0.2, 0) is 11.4 Å². The number of pyridine rings is 1. The molecule has 0 aliphatic carbocycles. The molecule has 4 aromatic rings. The number of aromatic nitrogens is 1. The quantitative estimate of drug-likeness (QED) is 0.451. The molecule has 33 heavy (non-hydrogen) atoms. The van der Waals surface area contributed by atoms with Crippen molar-refractivity contribution in [3.8, 4) is 17.2 Å². The van der Waals surface area contributed by atoms with Crippen LogP contribution >= 0.6 is 0 Å². The maximum atomic E-state index is 13.1. The number of hydrogen-bond acceptors (Lipinski definition) is 5. The van der Waals surface area contributed by atoms with E-state index in [4.69, 9.17) is 14.2 Å². The molecule has 0 saturated carbocycles. The van der Waals surface area contributed by atoms with Crippen molar-refractivity contribution in [1.82, 2.24) is 4.98 Å². The number of carbonyl (C=O) groups is 1. The molecule has 0 amide bonds. The fraction of sp³-hybridized carbons (Fsp3) is 0.154. The summed E-state index contributed by atoms with van der Waals surface area (Å²) in [4.78, 5) is 28.3. The van der Waals surface area contributed by atoms with E-state index in [1.54, 1.807) is 30.3 Å². The second-order valence-corrected chi connectivity index (χ2v) is 7.80. The Balaban J connectivity index is 1.51. The Labute approximate surface area is 188 Å². The summed E-state index contributed by atoms with van der Waals surface area (Å²) in [6.45, 7) is 0.236. The van der Waals surface area contributed by atoms with E-state index in [2.05, 4.69) is 4.98 Å². The van der Waals surface area contributed by atoms with Gasteiger partial charge in [0, 0.05) is 11.3 Å². The highest BCUT2D eigenvalue weighted by Crippen LogP contribution is 2.42. The van der Waals surface area contributed by atoms with Gasteiger partial charge in [0.25, 0.3) is 5.56 Å². The number of ether oxygens (including phenoxy) is 3. The van der Waals surface area contributed by atoms with Crippen LogP contribution in [0.25, 0.3) is 10.9 Å². The molecule has 0 fully saturated rings. The normalized spacial score (nSPS) is 15.1. The molecule has 5 rings (SSSR count). The van der Waals surface area contributed by atoms with Crippen LogP contribution in [0.15, 0.2) is 71.5 Å². The summed E-state index contributed by atoms with van der Waals surface area (Å²) in [7, 11) is 1.52. The molecule has 1 unspecified atom stereocenters. The van der Waals surface area contributed by atoms with Crippen LogP contribution < -0.4 is 19.8 Å². The van der Waals surface area contributed by atoms with Crippen molar-refractivity contribution in [2.24, 2.45) is 0 Å². The molecule has 1 aromatic heterocycles. The minimum Gasteiger partial charge on any atom is -0.493 e. The Bertz CT molecular complexity index is 1410. The first-order valence-corrected chi connectivity index (χ1v) is 10.4. The number of aromatic amines is 1. The highest BCUT2D eigenvalue weighted by Gasteiger charge is 2.33. The lowest BCUT2D eigenvalue weighted by atomic mass is 9.86. The molecule has 1 aliphatic heterocycles. The fourth-order valence-electron chi connectivity index (χ4n) is 4.13. The number of para-hydroxylation sites is 1. The minimum absolute atomic E-state index is 0.0351. The predicted octanol–water partition coefficient (Wildman–Crippen LogP) is 4.70. The summed E-state index contributed by atoms with van der Waals surface area (Å²) < 4.78 is 30.0. The number of H-pyrrole nitrogens is 1. The van der Waals surface area contributed by atoms with E-state index in [0.29, 0.717) is 33.7 Å². The molecule has 0 saturated heterocycles. The molecule has 0 spiro atoms. The zero-order chi connectivity index (χ0) is 22.9. The fourth-order valence-corrected chi connectivity index (χ4v) is 4.13. The Morgan fingerprint density at radius 1 is 1.03 bits per heavy atom. The lowest BCUT2D eigenvalue weighted by Crippen LogP contribution is -2.28. The summed E-state index contributed by atoms with van der Waals surface area (Å²) >= 11 is 0. The number of esters is 1. The van der Waals surface area contributed by atoms with Crippen LogP contribution in [0.1, 0.15) is 29.0 Å². The van der Waals surface area contributed by atoms with E-state index in [9.17, 15) is 14.0 Å². The van der Waals surface area contributed by atoms with Gasteiger partial charge in [-0.2, -0.15) is 0 Å². The van der Waals surface area contributed by atoms with Gasteiger partial charge in [-0.15, -0.1) is 0 Å². The number of methoxy groups -OCH3 is 1. The summed E-state index contributed by atoms with van der Waals surface area (Å²) in [6.07, 6.45) is 0.0351. The van der Waals surface area contributed by atoms with Crippen LogP contribution in [-0.4, -0.2) is 18.1 Å². The van der Waals surface area contributed by atoms with Crippen molar-refractivity contribution in [2.75, 3.05) is 7.11 Å². The highest BCUT2D eigenvalue weighted by molar-refractivity contribution is 5.91. The monoisotopic (exact) mass is 445 g/mol. The van der Waals surface area contributed by atoms with Gasteiger partial charge in [-0.1, -0.05) is 30.3 Å². The lowest BCUT2D eigenvalue weighted by molar-refractivity contribution is -0.135. The predicted molar refractivity (Wildman–Crippen MR) is 120 cm³/mol. The van der Waals surface area contributed by atoms with E-state index < -0.39 is 11.9 Å². The third-order valence-corrected chi connectivity index (χ3v) is 5.74. The molecular formula is C26H20FNO5. The van der Waals surface area contributed by atoms with E-state index in [0.717, 1.165) is 11.1 Å². The zero-order valence-electron chi connectivity index (χ0n) is 17.8. The van der Waals surface area contributed by atoms with Crippen molar-refractivity contribution >= 4 is 16.9 Å². The van der Waals surface area contributed by atoms with Crippen LogP contribution in [0.2, 0.25) is 0 Å². The molecule has 1 atom stereocenters. The van der Waals surface area contributed by atoms with E-state index in [1.807, 2.05) is 24.3 Å². The van der Waals surface area contributed by atoms with Crippen LogP contribution in [0.4, 0.5) is 4.39 Å². The summed E-state index contributed by atoms with van der Waals surface area (Å²) in [5.74, 6) is 0.0541. The third-order valence-electron chi connectivity index (χ3n) is 5.74. The maximum Gasteiger partial charge on any atom is 0.312 e.